The van der Waals surface area contributed by atoms with Gasteiger partial charge in [0.15, 0.2) is 5.82 Å². The van der Waals surface area contributed by atoms with Crippen molar-refractivity contribution in [1.82, 2.24) is 35.0 Å². The lowest BCUT2D eigenvalue weighted by atomic mass is 9.92. The number of hydrogen-bond donors (Lipinski definition) is 2. The van der Waals surface area contributed by atoms with E-state index in [1.54, 1.807) is 39.4 Å². The summed E-state index contributed by atoms with van der Waals surface area (Å²) in [6.07, 6.45) is 4.74. The molecule has 0 saturated carbocycles. The van der Waals surface area contributed by atoms with Gasteiger partial charge in [0.25, 0.3) is 11.4 Å². The first kappa shape index (κ1) is 27.3. The molecule has 1 amide bonds. The van der Waals surface area contributed by atoms with Gasteiger partial charge in [0.1, 0.15) is 17.8 Å². The fourth-order valence-electron chi connectivity index (χ4n) is 3.98. The van der Waals surface area contributed by atoms with Gasteiger partial charge < -0.3 is 15.1 Å². The zero-order valence-corrected chi connectivity index (χ0v) is 22.4. The lowest BCUT2D eigenvalue weighted by Gasteiger charge is -2.21. The number of hydrogen-bond acceptors (Lipinski definition) is 10. The third-order valence-corrected chi connectivity index (χ3v) is 6.22. The minimum absolute atomic E-state index is 0.0994. The minimum atomic E-state index is -0.969. The summed E-state index contributed by atoms with van der Waals surface area (Å²) in [6, 6.07) is 9.87. The van der Waals surface area contributed by atoms with E-state index >= 15 is 0 Å². The molecule has 4 rings (SSSR count). The molecule has 1 aromatic carbocycles. The van der Waals surface area contributed by atoms with Crippen LogP contribution in [0.4, 0.5) is 5.82 Å². The van der Waals surface area contributed by atoms with Crippen molar-refractivity contribution in [3.8, 4) is 11.3 Å². The summed E-state index contributed by atoms with van der Waals surface area (Å²) < 4.78 is 7.07. The van der Waals surface area contributed by atoms with Crippen molar-refractivity contribution < 1.29 is 14.0 Å². The maximum atomic E-state index is 13.4. The van der Waals surface area contributed by atoms with Crippen LogP contribution in [-0.2, 0) is 16.8 Å². The number of benzene rings is 1. The molecule has 0 fully saturated rings. The fourth-order valence-corrected chi connectivity index (χ4v) is 3.98. The Morgan fingerprint density at radius 2 is 1.72 bits per heavy atom. The quantitative estimate of drug-likeness (QED) is 0.292. The molecule has 0 aliphatic heterocycles. The molecule has 0 radical (unpaired) electrons. The van der Waals surface area contributed by atoms with E-state index in [-0.39, 0.29) is 30.1 Å². The van der Waals surface area contributed by atoms with Gasteiger partial charge >= 0.3 is 0 Å². The van der Waals surface area contributed by atoms with Crippen molar-refractivity contribution in [1.29, 1.82) is 0 Å². The highest BCUT2D eigenvalue weighted by molar-refractivity contribution is 5.98. The average Bonchev–Trinajstić information content (AvgIpc) is 3.45. The van der Waals surface area contributed by atoms with Gasteiger partial charge in [-0.2, -0.15) is 0 Å². The normalized spacial score (nSPS) is 12.3. The molecule has 12 nitrogen and oxygen atoms in total. The Morgan fingerprint density at radius 1 is 1.03 bits per heavy atom. The van der Waals surface area contributed by atoms with E-state index in [0.717, 1.165) is 5.56 Å². The second-order valence-electron chi connectivity index (χ2n) is 9.76. The standard InChI is InChI=1S/C27H30N8O4/c1-16(2)20(21(37)23-33-34-26(39-23)27(3,4)25-29-12-9-13-30-25)32-19(36)15-35-18(17-10-7-6-8-11-17)14-31-22(28-5)24(35)38/h6-14,16,20H,15H2,1-5H3,(H,28,31)(H,32,36)/t20-/m0/s1. The van der Waals surface area contributed by atoms with E-state index in [4.69, 9.17) is 4.42 Å². The number of carbonyl (C=O) groups excluding carboxylic acids is 2. The summed E-state index contributed by atoms with van der Waals surface area (Å²) in [5.74, 6) is -0.895. The molecule has 0 unspecified atom stereocenters. The highest BCUT2D eigenvalue weighted by Gasteiger charge is 2.35. The number of aromatic nitrogens is 6. The summed E-state index contributed by atoms with van der Waals surface area (Å²) in [7, 11) is 1.58. The summed E-state index contributed by atoms with van der Waals surface area (Å²) in [6.45, 7) is 6.86. The van der Waals surface area contributed by atoms with Crippen LogP contribution in [0.2, 0.25) is 0 Å². The second kappa shape index (κ2) is 11.3. The van der Waals surface area contributed by atoms with Crippen LogP contribution >= 0.6 is 0 Å². The Balaban J connectivity index is 1.57. The van der Waals surface area contributed by atoms with Crippen molar-refractivity contribution in [2.75, 3.05) is 12.4 Å². The molecule has 39 heavy (non-hydrogen) atoms. The van der Waals surface area contributed by atoms with Crippen LogP contribution in [0.1, 0.15) is 50.1 Å². The Labute approximate surface area is 224 Å². The van der Waals surface area contributed by atoms with Crippen LogP contribution in [0.15, 0.2) is 64.2 Å². The van der Waals surface area contributed by atoms with Gasteiger partial charge in [0.05, 0.1) is 17.9 Å². The van der Waals surface area contributed by atoms with E-state index in [2.05, 4.69) is 35.8 Å². The Hall–Kier alpha value is -4.74. The van der Waals surface area contributed by atoms with Crippen LogP contribution in [0, 0.1) is 5.92 Å². The largest absolute Gasteiger partial charge is 0.417 e. The van der Waals surface area contributed by atoms with Gasteiger partial charge in [-0.1, -0.05) is 44.2 Å². The van der Waals surface area contributed by atoms with E-state index in [1.165, 1.54) is 10.8 Å². The molecule has 2 N–H and O–H groups in total. The average molecular weight is 531 g/mol. The van der Waals surface area contributed by atoms with Gasteiger partial charge in [-0.05, 0) is 31.4 Å². The first-order valence-electron chi connectivity index (χ1n) is 12.4. The molecule has 12 heteroatoms. The molecule has 3 aromatic heterocycles. The van der Waals surface area contributed by atoms with Crippen molar-refractivity contribution >= 4 is 17.5 Å². The summed E-state index contributed by atoms with van der Waals surface area (Å²) in [5.41, 5.74) is -0.120. The summed E-state index contributed by atoms with van der Waals surface area (Å²) in [4.78, 5) is 52.3. The molecular weight excluding hydrogens is 500 g/mol. The number of anilines is 1. The number of ketones is 1. The zero-order valence-electron chi connectivity index (χ0n) is 22.4. The van der Waals surface area contributed by atoms with Crippen molar-refractivity contribution in [3.63, 3.8) is 0 Å². The van der Waals surface area contributed by atoms with E-state index < -0.39 is 28.7 Å². The predicted molar refractivity (Wildman–Crippen MR) is 143 cm³/mol. The van der Waals surface area contributed by atoms with Crippen LogP contribution in [0.5, 0.6) is 0 Å². The van der Waals surface area contributed by atoms with Crippen LogP contribution in [-0.4, -0.2) is 54.5 Å². The third kappa shape index (κ3) is 5.74. The molecule has 202 valence electrons. The highest BCUT2D eigenvalue weighted by Crippen LogP contribution is 2.27. The second-order valence-corrected chi connectivity index (χ2v) is 9.76. The van der Waals surface area contributed by atoms with Crippen molar-refractivity contribution in [2.24, 2.45) is 5.92 Å². The van der Waals surface area contributed by atoms with Crippen LogP contribution in [0.25, 0.3) is 11.3 Å². The monoisotopic (exact) mass is 530 g/mol. The number of nitrogens with one attached hydrogen (secondary N) is 2. The summed E-state index contributed by atoms with van der Waals surface area (Å²) in [5, 5.41) is 13.5. The highest BCUT2D eigenvalue weighted by atomic mass is 16.4. The Kier molecular flexibility index (Phi) is 7.93. The van der Waals surface area contributed by atoms with E-state index in [0.29, 0.717) is 11.5 Å². The Morgan fingerprint density at radius 3 is 2.36 bits per heavy atom. The molecule has 0 spiro atoms. The Bertz CT molecular complexity index is 1510. The SMILES string of the molecule is CNc1ncc(-c2ccccc2)n(CC(=O)N[C@H](C(=O)c2nnc(C(C)(C)c3ncccn3)o2)C(C)C)c1=O. The molecule has 4 aromatic rings. The number of Topliss-reactive ketones (excluding diaryl/α,β-unsaturated/α-hetero) is 1. The number of rotatable bonds is 10. The van der Waals surface area contributed by atoms with Gasteiger partial charge in [0.2, 0.25) is 17.6 Å². The molecular formula is C27H30N8O4. The maximum Gasteiger partial charge on any atom is 0.294 e. The van der Waals surface area contributed by atoms with Gasteiger partial charge in [0, 0.05) is 19.4 Å². The maximum absolute atomic E-state index is 13.4. The molecule has 3 heterocycles. The van der Waals surface area contributed by atoms with Gasteiger partial charge in [-0.25, -0.2) is 15.0 Å². The molecule has 0 saturated heterocycles. The molecule has 0 bridgehead atoms. The molecule has 0 aliphatic rings. The number of nitrogens with zero attached hydrogens (tertiary/aromatic N) is 6. The third-order valence-electron chi connectivity index (χ3n) is 6.22. The molecule has 1 atom stereocenters. The molecule has 0 aliphatic carbocycles. The van der Waals surface area contributed by atoms with Crippen molar-refractivity contribution in [2.45, 2.75) is 45.7 Å². The lowest BCUT2D eigenvalue weighted by Crippen LogP contribution is -2.46. The fraction of sp³-hybridized carbons (Fsp3) is 0.333. The van der Waals surface area contributed by atoms with Crippen LogP contribution < -0.4 is 16.2 Å². The lowest BCUT2D eigenvalue weighted by molar-refractivity contribution is -0.122. The predicted octanol–water partition coefficient (Wildman–Crippen LogP) is 2.47. The van der Waals surface area contributed by atoms with Gasteiger partial charge in [-0.15, -0.1) is 10.2 Å². The number of carbonyl (C=O) groups is 2. The number of amides is 1. The van der Waals surface area contributed by atoms with Crippen molar-refractivity contribution in [3.05, 3.63) is 82.9 Å². The zero-order chi connectivity index (χ0) is 28.2. The topological polar surface area (TPSA) is 158 Å². The minimum Gasteiger partial charge on any atom is -0.417 e. The smallest absolute Gasteiger partial charge is 0.294 e. The van der Waals surface area contributed by atoms with Gasteiger partial charge in [-0.3, -0.25) is 19.0 Å². The summed E-state index contributed by atoms with van der Waals surface area (Å²) >= 11 is 0. The first-order valence-corrected chi connectivity index (χ1v) is 12.4. The van der Waals surface area contributed by atoms with Crippen LogP contribution in [0.3, 0.4) is 0 Å². The first-order chi connectivity index (χ1) is 18.6. The van der Waals surface area contributed by atoms with E-state index in [1.807, 2.05) is 44.2 Å². The van der Waals surface area contributed by atoms with E-state index in [9.17, 15) is 14.4 Å².